The van der Waals surface area contributed by atoms with Crippen LogP contribution in [0.15, 0.2) is 54.2 Å². The molecule has 36 heavy (non-hydrogen) atoms. The number of hydrogen-bond donors (Lipinski definition) is 1. The highest BCUT2D eigenvalue weighted by molar-refractivity contribution is 5.69. The summed E-state index contributed by atoms with van der Waals surface area (Å²) in [4.78, 5) is 13.7. The minimum Gasteiger partial charge on any atom is -0.466 e. The molecule has 0 spiro atoms. The maximum atomic E-state index is 13.9. The summed E-state index contributed by atoms with van der Waals surface area (Å²) in [5, 5.41) is 10.6. The summed E-state index contributed by atoms with van der Waals surface area (Å²) in [6.45, 7) is 9.86. The average molecular weight is 502 g/mol. The van der Waals surface area contributed by atoms with Gasteiger partial charge in [0, 0.05) is 19.0 Å². The third kappa shape index (κ3) is 11.2. The summed E-state index contributed by atoms with van der Waals surface area (Å²) < 4.78 is 24.8. The van der Waals surface area contributed by atoms with E-state index in [1.165, 1.54) is 0 Å². The van der Waals surface area contributed by atoms with E-state index in [0.29, 0.717) is 37.6 Å². The number of nitrogens with zero attached hydrogens (tertiary/aromatic N) is 1. The van der Waals surface area contributed by atoms with Gasteiger partial charge in [-0.05, 0) is 76.6 Å². The number of β-amino-alcohol motifs (C(OH)–C–C–N with tert-alkyl or cyclic N) is 1. The fourth-order valence-electron chi connectivity index (χ4n) is 4.36. The quantitative estimate of drug-likeness (QED) is 0.247. The molecule has 0 amide bonds. The number of esters is 1. The number of aliphatic hydroxyl groups is 1. The molecule has 1 aliphatic heterocycles. The first-order chi connectivity index (χ1) is 17.3. The molecular weight excluding hydrogens is 457 g/mol. The monoisotopic (exact) mass is 501 g/mol. The van der Waals surface area contributed by atoms with E-state index in [2.05, 4.69) is 11.8 Å². The van der Waals surface area contributed by atoms with Crippen molar-refractivity contribution in [3.8, 4) is 0 Å². The first kappa shape index (κ1) is 29.9. The van der Waals surface area contributed by atoms with Crippen molar-refractivity contribution < 1.29 is 23.8 Å². The highest BCUT2D eigenvalue weighted by Gasteiger charge is 2.26. The maximum Gasteiger partial charge on any atom is 0.306 e. The number of aryl methyl sites for hydroxylation is 1. The second-order valence-electron chi connectivity index (χ2n) is 9.55. The van der Waals surface area contributed by atoms with E-state index in [9.17, 15) is 14.3 Å². The lowest BCUT2D eigenvalue weighted by Gasteiger charge is -2.27. The Kier molecular flexibility index (Phi) is 13.7. The Balaban J connectivity index is 1.75. The van der Waals surface area contributed by atoms with E-state index < -0.39 is 6.10 Å². The molecule has 0 bridgehead atoms. The van der Waals surface area contributed by atoms with Crippen molar-refractivity contribution in [2.24, 2.45) is 0 Å². The second kappa shape index (κ2) is 16.5. The van der Waals surface area contributed by atoms with Crippen LogP contribution >= 0.6 is 0 Å². The van der Waals surface area contributed by atoms with Gasteiger partial charge in [-0.1, -0.05) is 55.0 Å². The number of halogens is 1. The second-order valence-corrected chi connectivity index (χ2v) is 9.55. The van der Waals surface area contributed by atoms with Gasteiger partial charge in [-0.25, -0.2) is 4.39 Å². The van der Waals surface area contributed by atoms with Crippen LogP contribution < -0.4 is 0 Å². The van der Waals surface area contributed by atoms with Crippen LogP contribution in [0.5, 0.6) is 0 Å². The molecule has 200 valence electrons. The summed E-state index contributed by atoms with van der Waals surface area (Å²) in [6.07, 6.45) is 14.1. The Bertz CT molecular complexity index is 895. The Hall–Kier alpha value is -2.28. The molecule has 3 atom stereocenters. The molecule has 1 aromatic rings. The average Bonchev–Trinajstić information content (AvgIpc) is 3.27. The van der Waals surface area contributed by atoms with E-state index in [-0.39, 0.29) is 24.5 Å². The molecule has 1 aliphatic rings. The van der Waals surface area contributed by atoms with Gasteiger partial charge in [0.1, 0.15) is 5.82 Å². The van der Waals surface area contributed by atoms with Crippen molar-refractivity contribution in [3.05, 3.63) is 71.1 Å². The topological polar surface area (TPSA) is 59.0 Å². The Morgan fingerprint density at radius 3 is 2.86 bits per heavy atom. The number of carbonyl (C=O) groups excluding carboxylic acids is 1. The molecule has 0 saturated carbocycles. The van der Waals surface area contributed by atoms with Gasteiger partial charge < -0.3 is 14.6 Å². The standard InChI is InChI=1S/C30H44FNO4/c1-5-28(14-9-12-23(3)11-7-8-15-30(34)35-6-2)36-22-27(33)21-32-18-10-13-26(32)19-25-17-16-24(4)29(31)20-25/h7,9,11-12,14,16-17,20,26-28,33H,5-6,8,10,13,15,18-19,21-22H2,1-4H3/b11-7+,14-9+,23-12-/t26-,27+,28+/m0/s1. The normalized spacial score (nSPS) is 18.8. The van der Waals surface area contributed by atoms with E-state index >= 15 is 0 Å². The Morgan fingerprint density at radius 1 is 1.33 bits per heavy atom. The van der Waals surface area contributed by atoms with Gasteiger partial charge in [-0.2, -0.15) is 0 Å². The van der Waals surface area contributed by atoms with Crippen molar-refractivity contribution >= 4 is 5.97 Å². The summed E-state index contributed by atoms with van der Waals surface area (Å²) in [7, 11) is 0. The lowest BCUT2D eigenvalue weighted by Crippen LogP contribution is -2.39. The SMILES string of the molecule is CCOC(=O)CC/C=C/C(C)=C\C=C\[C@@H](CC)OC[C@H](O)CN1CCC[C@H]1Cc1ccc(C)c(F)c1. The molecule has 0 aromatic heterocycles. The van der Waals surface area contributed by atoms with Gasteiger partial charge in [-0.3, -0.25) is 9.69 Å². The molecule has 0 radical (unpaired) electrons. The zero-order chi connectivity index (χ0) is 26.3. The predicted molar refractivity (Wildman–Crippen MR) is 143 cm³/mol. The smallest absolute Gasteiger partial charge is 0.306 e. The van der Waals surface area contributed by atoms with Gasteiger partial charge in [0.25, 0.3) is 0 Å². The molecule has 1 heterocycles. The zero-order valence-electron chi connectivity index (χ0n) is 22.4. The molecule has 2 rings (SSSR count). The van der Waals surface area contributed by atoms with Crippen LogP contribution in [-0.2, 0) is 20.7 Å². The van der Waals surface area contributed by atoms with Crippen molar-refractivity contribution in [1.29, 1.82) is 0 Å². The Labute approximate surface area is 216 Å². The van der Waals surface area contributed by atoms with Crippen LogP contribution in [-0.4, -0.2) is 60.5 Å². The fourth-order valence-corrected chi connectivity index (χ4v) is 4.36. The lowest BCUT2D eigenvalue weighted by atomic mass is 10.0. The third-order valence-electron chi connectivity index (χ3n) is 6.44. The number of allylic oxidation sites excluding steroid dienone is 5. The molecule has 6 heteroatoms. The lowest BCUT2D eigenvalue weighted by molar-refractivity contribution is -0.143. The van der Waals surface area contributed by atoms with Crippen LogP contribution in [0.3, 0.4) is 0 Å². The summed E-state index contributed by atoms with van der Waals surface area (Å²) in [6, 6.07) is 5.80. The van der Waals surface area contributed by atoms with Crippen LogP contribution in [0.4, 0.5) is 4.39 Å². The van der Waals surface area contributed by atoms with E-state index in [1.54, 1.807) is 13.0 Å². The summed E-state index contributed by atoms with van der Waals surface area (Å²) in [5.41, 5.74) is 2.76. The van der Waals surface area contributed by atoms with Crippen molar-refractivity contribution in [3.63, 3.8) is 0 Å². The highest BCUT2D eigenvalue weighted by atomic mass is 19.1. The van der Waals surface area contributed by atoms with Crippen molar-refractivity contribution in [2.75, 3.05) is 26.3 Å². The Morgan fingerprint density at radius 2 is 2.14 bits per heavy atom. The number of likely N-dealkylation sites (tertiary alicyclic amines) is 1. The molecule has 0 aliphatic carbocycles. The maximum absolute atomic E-state index is 13.9. The number of carbonyl (C=O) groups is 1. The highest BCUT2D eigenvalue weighted by Crippen LogP contribution is 2.22. The summed E-state index contributed by atoms with van der Waals surface area (Å²) in [5.74, 6) is -0.324. The van der Waals surface area contributed by atoms with Gasteiger partial charge in [-0.15, -0.1) is 0 Å². The molecule has 0 unspecified atom stereocenters. The van der Waals surface area contributed by atoms with E-state index in [1.807, 2.05) is 56.4 Å². The van der Waals surface area contributed by atoms with Gasteiger partial charge in [0.2, 0.25) is 0 Å². The molecule has 1 saturated heterocycles. The van der Waals surface area contributed by atoms with Gasteiger partial charge in [0.15, 0.2) is 0 Å². The van der Waals surface area contributed by atoms with Crippen LogP contribution in [0.1, 0.15) is 64.0 Å². The van der Waals surface area contributed by atoms with Crippen LogP contribution in [0.2, 0.25) is 0 Å². The van der Waals surface area contributed by atoms with E-state index in [0.717, 1.165) is 43.4 Å². The zero-order valence-corrected chi connectivity index (χ0v) is 22.4. The minimum absolute atomic E-state index is 0.0681. The van der Waals surface area contributed by atoms with E-state index in [4.69, 9.17) is 9.47 Å². The third-order valence-corrected chi connectivity index (χ3v) is 6.44. The number of hydrogen-bond acceptors (Lipinski definition) is 5. The number of aliphatic hydroxyl groups excluding tert-OH is 1. The molecule has 1 N–H and O–H groups in total. The predicted octanol–water partition coefficient (Wildman–Crippen LogP) is 5.70. The molecule has 1 aromatic carbocycles. The van der Waals surface area contributed by atoms with Crippen LogP contribution in [0, 0.1) is 12.7 Å². The largest absolute Gasteiger partial charge is 0.466 e. The van der Waals surface area contributed by atoms with Crippen LogP contribution in [0.25, 0.3) is 0 Å². The van der Waals surface area contributed by atoms with Crippen molar-refractivity contribution in [1.82, 2.24) is 4.90 Å². The fraction of sp³-hybridized carbons (Fsp3) is 0.567. The number of rotatable bonds is 15. The number of benzene rings is 1. The van der Waals surface area contributed by atoms with Crippen molar-refractivity contribution in [2.45, 2.75) is 84.5 Å². The van der Waals surface area contributed by atoms with Gasteiger partial charge >= 0.3 is 5.97 Å². The summed E-state index contributed by atoms with van der Waals surface area (Å²) >= 11 is 0. The van der Waals surface area contributed by atoms with Gasteiger partial charge in [0.05, 0.1) is 25.4 Å². The number of ether oxygens (including phenoxy) is 2. The molecule has 5 nitrogen and oxygen atoms in total. The molecule has 1 fully saturated rings. The molecular formula is C30H44FNO4. The first-order valence-electron chi connectivity index (χ1n) is 13.3. The minimum atomic E-state index is -0.567. The first-order valence-corrected chi connectivity index (χ1v) is 13.3.